The number of fused-ring (bicyclic) bond motifs is 1. The average Bonchev–Trinajstić information content (AvgIpc) is 3.33. The van der Waals surface area contributed by atoms with Crippen molar-refractivity contribution in [3.05, 3.63) is 107 Å². The first-order valence-corrected chi connectivity index (χ1v) is 13.2. The highest BCUT2D eigenvalue weighted by atomic mass is 35.5. The predicted molar refractivity (Wildman–Crippen MR) is 151 cm³/mol. The smallest absolute Gasteiger partial charge is 0.254 e. The number of hydrogen-bond donors (Lipinski definition) is 0. The lowest BCUT2D eigenvalue weighted by atomic mass is 10.1. The first kappa shape index (κ1) is 26.5. The zero-order valence-electron chi connectivity index (χ0n) is 21.7. The van der Waals surface area contributed by atoms with E-state index in [1.807, 2.05) is 96.9 Å². The summed E-state index contributed by atoms with van der Waals surface area (Å²) in [5.41, 5.74) is 2.65. The largest absolute Gasteiger partial charge is 0.345 e. The molecule has 1 heterocycles. The first-order chi connectivity index (χ1) is 17.9. The molecule has 0 bridgehead atoms. The fraction of sp³-hybridized carbons (Fsp3) is 0.290. The maximum atomic E-state index is 13.5. The third kappa shape index (κ3) is 6.60. The Bertz CT molecular complexity index is 1380. The van der Waals surface area contributed by atoms with E-state index in [1.165, 1.54) is 0 Å². The predicted octanol–water partition coefficient (Wildman–Crippen LogP) is 6.49. The van der Waals surface area contributed by atoms with Crippen LogP contribution in [-0.4, -0.2) is 45.8 Å². The van der Waals surface area contributed by atoms with Crippen LogP contribution < -0.4 is 0 Å². The van der Waals surface area contributed by atoms with Gasteiger partial charge >= 0.3 is 0 Å². The van der Waals surface area contributed by atoms with Gasteiger partial charge in [-0.1, -0.05) is 74.0 Å². The maximum absolute atomic E-state index is 13.5. The third-order valence-electron chi connectivity index (χ3n) is 6.50. The monoisotopic (exact) mass is 515 g/mol. The molecule has 192 valence electrons. The summed E-state index contributed by atoms with van der Waals surface area (Å²) in [6, 6.07) is 25.5. The van der Waals surface area contributed by atoms with Gasteiger partial charge in [-0.05, 0) is 59.5 Å². The summed E-state index contributed by atoms with van der Waals surface area (Å²) in [4.78, 5) is 30.4. The first-order valence-electron chi connectivity index (χ1n) is 12.8. The normalized spacial score (nSPS) is 11.2. The van der Waals surface area contributed by atoms with E-state index in [1.54, 1.807) is 4.90 Å². The molecule has 0 fully saturated rings. The standard InChI is InChI=1S/C31H34ClN3O2/c1-4-33(31(37)26-16-15-24-10-5-6-11-25(24)18-26)22-30(36)35(19-23(2)3)21-28-13-9-17-34(28)20-27-12-7-8-14-29(27)32/h5-18,23H,4,19-22H2,1-3H3. The van der Waals surface area contributed by atoms with Crippen LogP contribution in [0.2, 0.25) is 5.02 Å². The Morgan fingerprint density at radius 2 is 1.62 bits per heavy atom. The number of aromatic nitrogens is 1. The Morgan fingerprint density at radius 1 is 0.892 bits per heavy atom. The molecule has 6 heteroatoms. The fourth-order valence-corrected chi connectivity index (χ4v) is 4.74. The Balaban J connectivity index is 1.50. The molecule has 3 aromatic carbocycles. The summed E-state index contributed by atoms with van der Waals surface area (Å²) < 4.78 is 2.12. The van der Waals surface area contributed by atoms with E-state index in [0.29, 0.717) is 37.7 Å². The topological polar surface area (TPSA) is 45.6 Å². The van der Waals surface area contributed by atoms with Crippen molar-refractivity contribution in [3.63, 3.8) is 0 Å². The number of benzene rings is 3. The molecule has 0 saturated carbocycles. The van der Waals surface area contributed by atoms with Crippen molar-refractivity contribution in [1.82, 2.24) is 14.4 Å². The van der Waals surface area contributed by atoms with Crippen molar-refractivity contribution >= 4 is 34.2 Å². The van der Waals surface area contributed by atoms with Gasteiger partial charge < -0.3 is 14.4 Å². The SMILES string of the molecule is CCN(CC(=O)N(Cc1cccn1Cc1ccccc1Cl)CC(C)C)C(=O)c1ccc2ccccc2c1. The van der Waals surface area contributed by atoms with Crippen LogP contribution in [0.1, 0.15) is 42.4 Å². The summed E-state index contributed by atoms with van der Waals surface area (Å²) in [6.45, 7) is 8.31. The van der Waals surface area contributed by atoms with Crippen molar-refractivity contribution in [3.8, 4) is 0 Å². The fourth-order valence-electron chi connectivity index (χ4n) is 4.54. The Labute approximate surface area is 224 Å². The number of halogens is 1. The Morgan fingerprint density at radius 3 is 2.35 bits per heavy atom. The summed E-state index contributed by atoms with van der Waals surface area (Å²) in [5.74, 6) is 0.102. The van der Waals surface area contributed by atoms with E-state index >= 15 is 0 Å². The van der Waals surface area contributed by atoms with Gasteiger partial charge in [-0.25, -0.2) is 0 Å². The lowest BCUT2D eigenvalue weighted by molar-refractivity contribution is -0.133. The molecule has 0 aliphatic heterocycles. The molecule has 4 rings (SSSR count). The maximum Gasteiger partial charge on any atom is 0.254 e. The molecule has 0 aliphatic rings. The minimum absolute atomic E-state index is 0.0418. The minimum atomic E-state index is -0.131. The van der Waals surface area contributed by atoms with Gasteiger partial charge in [0.05, 0.1) is 6.54 Å². The molecule has 0 spiro atoms. The molecule has 0 unspecified atom stereocenters. The number of rotatable bonds is 10. The molecule has 0 saturated heterocycles. The summed E-state index contributed by atoms with van der Waals surface area (Å²) >= 11 is 6.39. The number of nitrogens with zero attached hydrogens (tertiary/aromatic N) is 3. The van der Waals surface area contributed by atoms with Crippen LogP contribution in [0.25, 0.3) is 10.8 Å². The van der Waals surface area contributed by atoms with Gasteiger partial charge in [0.1, 0.15) is 6.54 Å². The number of carbonyl (C=O) groups is 2. The van der Waals surface area contributed by atoms with Crippen LogP contribution >= 0.6 is 11.6 Å². The van der Waals surface area contributed by atoms with E-state index in [2.05, 4.69) is 18.4 Å². The Kier molecular flexibility index (Phi) is 8.67. The summed E-state index contributed by atoms with van der Waals surface area (Å²) in [5, 5.41) is 2.82. The quantitative estimate of drug-likeness (QED) is 0.242. The zero-order valence-corrected chi connectivity index (χ0v) is 22.5. The van der Waals surface area contributed by atoms with Crippen molar-refractivity contribution in [2.45, 2.75) is 33.9 Å². The molecular weight excluding hydrogens is 482 g/mol. The van der Waals surface area contributed by atoms with Crippen molar-refractivity contribution in [1.29, 1.82) is 0 Å². The van der Waals surface area contributed by atoms with Crippen LogP contribution in [0.5, 0.6) is 0 Å². The van der Waals surface area contributed by atoms with E-state index in [-0.39, 0.29) is 18.4 Å². The molecule has 2 amide bonds. The highest BCUT2D eigenvalue weighted by Crippen LogP contribution is 2.20. The molecule has 0 aliphatic carbocycles. The summed E-state index contributed by atoms with van der Waals surface area (Å²) in [7, 11) is 0. The molecule has 1 aromatic heterocycles. The lowest BCUT2D eigenvalue weighted by Crippen LogP contribution is -2.44. The van der Waals surface area contributed by atoms with Gasteiger partial charge in [0.15, 0.2) is 0 Å². The molecule has 4 aromatic rings. The second kappa shape index (κ2) is 12.1. The van der Waals surface area contributed by atoms with Crippen LogP contribution in [-0.2, 0) is 17.9 Å². The van der Waals surface area contributed by atoms with Crippen LogP contribution in [0.4, 0.5) is 0 Å². The van der Waals surface area contributed by atoms with Crippen molar-refractivity contribution < 1.29 is 9.59 Å². The second-order valence-electron chi connectivity index (χ2n) is 9.77. The van der Waals surface area contributed by atoms with E-state index < -0.39 is 0 Å². The van der Waals surface area contributed by atoms with E-state index in [4.69, 9.17) is 11.6 Å². The molecular formula is C31H34ClN3O2. The second-order valence-corrected chi connectivity index (χ2v) is 10.2. The van der Waals surface area contributed by atoms with Crippen molar-refractivity contribution in [2.24, 2.45) is 5.92 Å². The van der Waals surface area contributed by atoms with Crippen molar-refractivity contribution in [2.75, 3.05) is 19.6 Å². The third-order valence-corrected chi connectivity index (χ3v) is 6.87. The van der Waals surface area contributed by atoms with Crippen LogP contribution in [0.3, 0.4) is 0 Å². The Hall–Kier alpha value is -3.57. The molecule has 37 heavy (non-hydrogen) atoms. The van der Waals surface area contributed by atoms with Gasteiger partial charge in [0, 0.05) is 42.1 Å². The van der Waals surface area contributed by atoms with Gasteiger partial charge in [0.2, 0.25) is 5.91 Å². The lowest BCUT2D eigenvalue weighted by Gasteiger charge is -2.29. The number of carbonyl (C=O) groups excluding carboxylic acids is 2. The summed E-state index contributed by atoms with van der Waals surface area (Å²) in [6.07, 6.45) is 2.01. The van der Waals surface area contributed by atoms with E-state index in [0.717, 1.165) is 27.1 Å². The number of likely N-dealkylation sites (N-methyl/N-ethyl adjacent to an activating group) is 1. The van der Waals surface area contributed by atoms with Gasteiger partial charge in [0.25, 0.3) is 5.91 Å². The number of amides is 2. The van der Waals surface area contributed by atoms with E-state index in [9.17, 15) is 9.59 Å². The zero-order chi connectivity index (χ0) is 26.4. The van der Waals surface area contributed by atoms with Gasteiger partial charge in [-0.2, -0.15) is 0 Å². The molecule has 5 nitrogen and oxygen atoms in total. The van der Waals surface area contributed by atoms with Crippen LogP contribution in [0.15, 0.2) is 85.1 Å². The number of hydrogen-bond acceptors (Lipinski definition) is 2. The average molecular weight is 516 g/mol. The van der Waals surface area contributed by atoms with Crippen LogP contribution in [0, 0.1) is 5.92 Å². The minimum Gasteiger partial charge on any atom is -0.345 e. The molecule has 0 radical (unpaired) electrons. The molecule has 0 atom stereocenters. The highest BCUT2D eigenvalue weighted by Gasteiger charge is 2.23. The van der Waals surface area contributed by atoms with Gasteiger partial charge in [-0.15, -0.1) is 0 Å². The molecule has 0 N–H and O–H groups in total. The highest BCUT2D eigenvalue weighted by molar-refractivity contribution is 6.31. The van der Waals surface area contributed by atoms with Gasteiger partial charge in [-0.3, -0.25) is 9.59 Å².